The van der Waals surface area contributed by atoms with Gasteiger partial charge in [-0.25, -0.2) is 5.43 Å². The number of phenols is 1. The molecule has 0 aliphatic rings. The van der Waals surface area contributed by atoms with Crippen molar-refractivity contribution < 1.29 is 14.3 Å². The summed E-state index contributed by atoms with van der Waals surface area (Å²) in [4.78, 5) is 11.9. The smallest absolute Gasteiger partial charge is 0.275 e. The van der Waals surface area contributed by atoms with Crippen LogP contribution in [0.15, 0.2) is 39.9 Å². The molecule has 0 fully saturated rings. The molecule has 1 heterocycles. The molecule has 2 rings (SSSR count). The summed E-state index contributed by atoms with van der Waals surface area (Å²) in [5, 5.41) is 13.6. The van der Waals surface area contributed by atoms with E-state index in [1.807, 2.05) is 19.9 Å². The highest BCUT2D eigenvalue weighted by molar-refractivity contribution is 6.02. The number of hydrogen-bond donors (Lipinski definition) is 2. The van der Waals surface area contributed by atoms with Gasteiger partial charge in [-0.2, -0.15) is 5.10 Å². The topological polar surface area (TPSA) is 74.8 Å². The number of amides is 1. The van der Waals surface area contributed by atoms with Gasteiger partial charge in [0.05, 0.1) is 11.3 Å². The van der Waals surface area contributed by atoms with Gasteiger partial charge in [-0.15, -0.1) is 0 Å². The summed E-state index contributed by atoms with van der Waals surface area (Å²) in [7, 11) is 0. The van der Waals surface area contributed by atoms with Crippen LogP contribution in [0.25, 0.3) is 0 Å². The van der Waals surface area contributed by atoms with E-state index in [9.17, 15) is 9.90 Å². The van der Waals surface area contributed by atoms with E-state index >= 15 is 0 Å². The Labute approximate surface area is 116 Å². The highest BCUT2D eigenvalue weighted by Gasteiger charge is 2.11. The number of rotatable bonds is 3. The Hall–Kier alpha value is -2.56. The number of phenolic OH excluding ortho intramolecular Hbond substituents is 1. The molecule has 20 heavy (non-hydrogen) atoms. The minimum atomic E-state index is -0.458. The van der Waals surface area contributed by atoms with Crippen molar-refractivity contribution in [2.75, 3.05) is 0 Å². The second-order valence-corrected chi connectivity index (χ2v) is 4.48. The van der Waals surface area contributed by atoms with Gasteiger partial charge in [-0.3, -0.25) is 4.79 Å². The van der Waals surface area contributed by atoms with Crippen LogP contribution >= 0.6 is 0 Å². The molecule has 0 spiro atoms. The Morgan fingerprint density at radius 1 is 1.25 bits per heavy atom. The van der Waals surface area contributed by atoms with Gasteiger partial charge in [-0.05, 0) is 39.0 Å². The summed E-state index contributed by atoms with van der Waals surface area (Å²) >= 11 is 0. The van der Waals surface area contributed by atoms with E-state index in [4.69, 9.17) is 4.42 Å². The van der Waals surface area contributed by atoms with Gasteiger partial charge in [0.15, 0.2) is 0 Å². The van der Waals surface area contributed by atoms with Gasteiger partial charge < -0.3 is 9.52 Å². The van der Waals surface area contributed by atoms with Gasteiger partial charge in [0, 0.05) is 5.56 Å². The number of nitrogens with zero attached hydrogens (tertiary/aromatic N) is 1. The molecule has 0 unspecified atom stereocenters. The number of hydrazone groups is 1. The van der Waals surface area contributed by atoms with Crippen molar-refractivity contribution in [1.29, 1.82) is 0 Å². The average Bonchev–Trinajstić information content (AvgIpc) is 2.75. The van der Waals surface area contributed by atoms with Crippen molar-refractivity contribution in [2.24, 2.45) is 5.10 Å². The lowest BCUT2D eigenvalue weighted by atomic mass is 10.2. The largest absolute Gasteiger partial charge is 0.507 e. The van der Waals surface area contributed by atoms with Crippen molar-refractivity contribution in [3.05, 3.63) is 53.0 Å². The predicted molar refractivity (Wildman–Crippen MR) is 76.0 cm³/mol. The molecule has 0 aliphatic carbocycles. The van der Waals surface area contributed by atoms with E-state index in [1.165, 1.54) is 12.1 Å². The average molecular weight is 272 g/mol. The summed E-state index contributed by atoms with van der Waals surface area (Å²) in [6.45, 7) is 5.47. The number of para-hydroxylation sites is 1. The van der Waals surface area contributed by atoms with Crippen LogP contribution in [-0.2, 0) is 0 Å². The molecule has 5 heteroatoms. The van der Waals surface area contributed by atoms with Crippen molar-refractivity contribution in [3.63, 3.8) is 0 Å². The highest BCUT2D eigenvalue weighted by Crippen LogP contribution is 2.16. The van der Waals surface area contributed by atoms with Crippen LogP contribution < -0.4 is 5.43 Å². The van der Waals surface area contributed by atoms with Crippen molar-refractivity contribution >= 4 is 11.6 Å². The Balaban J connectivity index is 2.15. The first-order valence-electron chi connectivity index (χ1n) is 6.19. The molecule has 0 bridgehead atoms. The summed E-state index contributed by atoms with van der Waals surface area (Å²) in [6, 6.07) is 8.17. The molecule has 0 saturated heterocycles. The number of carbonyl (C=O) groups excluding carboxylic acids is 1. The molecular formula is C15H16N2O3. The molecule has 0 atom stereocenters. The van der Waals surface area contributed by atoms with Crippen LogP contribution in [0.3, 0.4) is 0 Å². The zero-order valence-electron chi connectivity index (χ0n) is 11.6. The molecule has 1 aromatic carbocycles. The molecule has 1 aromatic heterocycles. The maximum Gasteiger partial charge on any atom is 0.275 e. The van der Waals surface area contributed by atoms with Crippen LogP contribution in [0.4, 0.5) is 0 Å². The van der Waals surface area contributed by atoms with Gasteiger partial charge in [0.1, 0.15) is 17.3 Å². The highest BCUT2D eigenvalue weighted by atomic mass is 16.3. The molecule has 2 aromatic rings. The van der Waals surface area contributed by atoms with E-state index in [1.54, 1.807) is 19.1 Å². The third kappa shape index (κ3) is 2.88. The Bertz CT molecular complexity index is 672. The summed E-state index contributed by atoms with van der Waals surface area (Å²) in [5.74, 6) is 1.01. The Kier molecular flexibility index (Phi) is 3.89. The zero-order valence-corrected chi connectivity index (χ0v) is 11.6. The second-order valence-electron chi connectivity index (χ2n) is 4.48. The van der Waals surface area contributed by atoms with Crippen molar-refractivity contribution in [3.8, 4) is 5.75 Å². The van der Waals surface area contributed by atoms with E-state index in [2.05, 4.69) is 10.5 Å². The number of aryl methyl sites for hydroxylation is 2. The number of hydrogen-bond acceptors (Lipinski definition) is 4. The number of furan rings is 1. The van der Waals surface area contributed by atoms with Gasteiger partial charge in [-0.1, -0.05) is 12.1 Å². The maximum atomic E-state index is 11.9. The molecule has 0 saturated carbocycles. The van der Waals surface area contributed by atoms with E-state index in [0.29, 0.717) is 5.71 Å². The van der Waals surface area contributed by atoms with Crippen molar-refractivity contribution in [2.45, 2.75) is 20.8 Å². The Morgan fingerprint density at radius 2 is 1.95 bits per heavy atom. The molecule has 2 N–H and O–H groups in total. The third-order valence-electron chi connectivity index (χ3n) is 2.90. The molecule has 104 valence electrons. The third-order valence-corrected chi connectivity index (χ3v) is 2.90. The van der Waals surface area contributed by atoms with E-state index < -0.39 is 5.91 Å². The normalized spacial score (nSPS) is 11.4. The second kappa shape index (κ2) is 5.61. The van der Waals surface area contributed by atoms with Crippen molar-refractivity contribution in [1.82, 2.24) is 5.43 Å². The Morgan fingerprint density at radius 3 is 2.55 bits per heavy atom. The first-order chi connectivity index (χ1) is 9.49. The lowest BCUT2D eigenvalue weighted by Crippen LogP contribution is -2.19. The first-order valence-corrected chi connectivity index (χ1v) is 6.19. The van der Waals surface area contributed by atoms with Gasteiger partial charge in [0.2, 0.25) is 0 Å². The number of aromatic hydroxyl groups is 1. The fraction of sp³-hybridized carbons (Fsp3) is 0.200. The van der Waals surface area contributed by atoms with E-state index in [0.717, 1.165) is 17.1 Å². The van der Waals surface area contributed by atoms with Crippen LogP contribution in [0.1, 0.15) is 34.4 Å². The first kappa shape index (κ1) is 13.9. The van der Waals surface area contributed by atoms with Gasteiger partial charge >= 0.3 is 0 Å². The van der Waals surface area contributed by atoms with Crippen LogP contribution in [0.5, 0.6) is 5.75 Å². The monoisotopic (exact) mass is 272 g/mol. The minimum Gasteiger partial charge on any atom is -0.507 e. The molecule has 1 amide bonds. The lowest BCUT2D eigenvalue weighted by Gasteiger charge is -2.03. The van der Waals surface area contributed by atoms with Gasteiger partial charge in [0.25, 0.3) is 5.91 Å². The maximum absolute atomic E-state index is 11.9. The standard InChI is InChI=1S/C15H16N2O3/c1-9-8-13(11(3)20-9)10(2)16-17-15(19)12-6-4-5-7-14(12)18/h4-8,18H,1-3H3,(H,17,19)/b16-10+. The number of benzene rings is 1. The van der Waals surface area contributed by atoms with Crippen LogP contribution in [-0.4, -0.2) is 16.7 Å². The number of carbonyl (C=O) groups is 1. The van der Waals surface area contributed by atoms with Crippen LogP contribution in [0, 0.1) is 13.8 Å². The summed E-state index contributed by atoms with van der Waals surface area (Å²) < 4.78 is 5.41. The molecule has 0 radical (unpaired) electrons. The van der Waals surface area contributed by atoms with Crippen LogP contribution in [0.2, 0.25) is 0 Å². The molecular weight excluding hydrogens is 256 g/mol. The summed E-state index contributed by atoms with van der Waals surface area (Å²) in [5.41, 5.74) is 4.10. The molecule has 5 nitrogen and oxygen atoms in total. The SMILES string of the molecule is C/C(=N\NC(=O)c1ccccc1O)c1cc(C)oc1C. The zero-order chi connectivity index (χ0) is 14.7. The number of nitrogens with one attached hydrogen (secondary N) is 1. The quantitative estimate of drug-likeness (QED) is 0.666. The fourth-order valence-electron chi connectivity index (χ4n) is 1.91. The lowest BCUT2D eigenvalue weighted by molar-refractivity contribution is 0.0952. The molecule has 0 aliphatic heterocycles. The van der Waals surface area contributed by atoms with E-state index in [-0.39, 0.29) is 11.3 Å². The minimum absolute atomic E-state index is 0.0758. The summed E-state index contributed by atoms with van der Waals surface area (Å²) in [6.07, 6.45) is 0. The predicted octanol–water partition coefficient (Wildman–Crippen LogP) is 2.76. The fourth-order valence-corrected chi connectivity index (χ4v) is 1.91.